The Morgan fingerprint density at radius 1 is 1.47 bits per heavy atom. The highest BCUT2D eigenvalue weighted by atomic mass is 35.5. The molecular weight excluding hydrogens is 212 g/mol. The zero-order valence-electron chi connectivity index (χ0n) is 7.66. The summed E-state index contributed by atoms with van der Waals surface area (Å²) in [5, 5.41) is 10.1. The van der Waals surface area contributed by atoms with Crippen molar-refractivity contribution in [1.29, 1.82) is 5.26 Å². The highest BCUT2D eigenvalue weighted by Gasteiger charge is 2.08. The third kappa shape index (κ3) is 1.48. The van der Waals surface area contributed by atoms with Gasteiger partial charge >= 0.3 is 0 Å². The second-order valence-corrected chi connectivity index (χ2v) is 3.35. The number of aromatic nitrogens is 1. The van der Waals surface area contributed by atoms with Crippen molar-refractivity contribution in [2.75, 3.05) is 5.43 Å². The second-order valence-electron chi connectivity index (χ2n) is 2.94. The van der Waals surface area contributed by atoms with Gasteiger partial charge in [0.15, 0.2) is 0 Å². The zero-order chi connectivity index (χ0) is 10.8. The smallest absolute Gasteiger partial charge is 0.103 e. The lowest BCUT2D eigenvalue weighted by Crippen LogP contribution is -2.09. The number of halogens is 1. The van der Waals surface area contributed by atoms with E-state index in [-0.39, 0.29) is 0 Å². The van der Waals surface area contributed by atoms with E-state index in [0.717, 1.165) is 5.39 Å². The molecule has 0 atom stereocenters. The van der Waals surface area contributed by atoms with Crippen LogP contribution in [0.2, 0.25) is 5.02 Å². The first-order valence-electron chi connectivity index (χ1n) is 4.22. The van der Waals surface area contributed by atoms with Gasteiger partial charge in [-0.15, -0.1) is 0 Å². The van der Waals surface area contributed by atoms with Crippen LogP contribution in [0.3, 0.4) is 0 Å². The van der Waals surface area contributed by atoms with E-state index in [0.29, 0.717) is 21.8 Å². The highest BCUT2D eigenvalue weighted by Crippen LogP contribution is 2.28. The molecule has 0 radical (unpaired) electrons. The van der Waals surface area contributed by atoms with E-state index in [9.17, 15) is 0 Å². The fourth-order valence-electron chi connectivity index (χ4n) is 1.43. The number of nitrogens with two attached hydrogens (primary N) is 1. The van der Waals surface area contributed by atoms with Gasteiger partial charge in [0, 0.05) is 11.6 Å². The number of pyridine rings is 1. The van der Waals surface area contributed by atoms with Gasteiger partial charge in [-0.25, -0.2) is 0 Å². The molecule has 1 aromatic carbocycles. The first kappa shape index (κ1) is 9.71. The van der Waals surface area contributed by atoms with Crippen LogP contribution in [-0.4, -0.2) is 4.98 Å². The number of benzene rings is 1. The minimum atomic E-state index is 0.396. The molecule has 0 aliphatic heterocycles. The van der Waals surface area contributed by atoms with Crippen molar-refractivity contribution in [3.63, 3.8) is 0 Å². The normalized spacial score (nSPS) is 9.93. The number of nitriles is 1. The van der Waals surface area contributed by atoms with Crippen LogP contribution < -0.4 is 11.3 Å². The molecule has 0 spiro atoms. The Labute approximate surface area is 91.3 Å². The maximum atomic E-state index is 8.86. The fraction of sp³-hybridized carbons (Fsp3) is 0. The molecule has 0 saturated heterocycles. The van der Waals surface area contributed by atoms with E-state index >= 15 is 0 Å². The van der Waals surface area contributed by atoms with E-state index in [1.807, 2.05) is 12.1 Å². The Balaban J connectivity index is 2.90. The third-order valence-corrected chi connectivity index (χ3v) is 2.42. The molecule has 0 bridgehead atoms. The summed E-state index contributed by atoms with van der Waals surface area (Å²) in [4.78, 5) is 4.11. The van der Waals surface area contributed by atoms with Gasteiger partial charge in [0.1, 0.15) is 6.07 Å². The average Bonchev–Trinajstić information content (AvgIpc) is 2.28. The summed E-state index contributed by atoms with van der Waals surface area (Å²) < 4.78 is 0. The number of hydrazine groups is 1. The van der Waals surface area contributed by atoms with Crippen LogP contribution in [0.4, 0.5) is 5.69 Å². The number of anilines is 1. The Morgan fingerprint density at radius 3 is 2.93 bits per heavy atom. The number of nitrogen functional groups attached to an aromatic ring is 1. The summed E-state index contributed by atoms with van der Waals surface area (Å²) in [5.74, 6) is 5.37. The Bertz CT molecular complexity index is 559. The van der Waals surface area contributed by atoms with Gasteiger partial charge in [-0.1, -0.05) is 23.7 Å². The predicted octanol–water partition coefficient (Wildman–Crippen LogP) is 2.05. The van der Waals surface area contributed by atoms with Crippen molar-refractivity contribution < 1.29 is 0 Å². The molecule has 5 heteroatoms. The van der Waals surface area contributed by atoms with E-state index in [2.05, 4.69) is 10.4 Å². The van der Waals surface area contributed by atoms with Crippen LogP contribution in [-0.2, 0) is 0 Å². The SMILES string of the molecule is N#Cc1cnc2c(Cl)cccc2c1NN. The maximum Gasteiger partial charge on any atom is 0.103 e. The molecule has 0 aliphatic carbocycles. The van der Waals surface area contributed by atoms with E-state index < -0.39 is 0 Å². The molecule has 0 fully saturated rings. The topological polar surface area (TPSA) is 74.7 Å². The summed E-state index contributed by atoms with van der Waals surface area (Å²) >= 11 is 5.97. The minimum absolute atomic E-state index is 0.396. The Hall–Kier alpha value is -1.83. The van der Waals surface area contributed by atoms with Gasteiger partial charge in [-0.3, -0.25) is 10.8 Å². The lowest BCUT2D eigenvalue weighted by atomic mass is 10.1. The number of nitrogens with zero attached hydrogens (tertiary/aromatic N) is 2. The molecule has 0 unspecified atom stereocenters. The third-order valence-electron chi connectivity index (χ3n) is 2.11. The summed E-state index contributed by atoms with van der Waals surface area (Å²) in [5.41, 5.74) is 4.07. The largest absolute Gasteiger partial charge is 0.322 e. The van der Waals surface area contributed by atoms with Crippen molar-refractivity contribution in [2.45, 2.75) is 0 Å². The molecule has 1 aromatic heterocycles. The van der Waals surface area contributed by atoms with Gasteiger partial charge in [-0.2, -0.15) is 5.26 Å². The van der Waals surface area contributed by atoms with Gasteiger partial charge in [0.05, 0.1) is 21.8 Å². The van der Waals surface area contributed by atoms with Crippen molar-refractivity contribution in [3.05, 3.63) is 35.0 Å². The van der Waals surface area contributed by atoms with Crippen LogP contribution in [0.15, 0.2) is 24.4 Å². The fourth-order valence-corrected chi connectivity index (χ4v) is 1.65. The van der Waals surface area contributed by atoms with Crippen LogP contribution in [0, 0.1) is 11.3 Å². The Kier molecular flexibility index (Phi) is 2.42. The second kappa shape index (κ2) is 3.73. The summed E-state index contributed by atoms with van der Waals surface area (Å²) in [6.07, 6.45) is 1.45. The molecule has 3 N–H and O–H groups in total. The van der Waals surface area contributed by atoms with Gasteiger partial charge in [0.25, 0.3) is 0 Å². The molecular formula is C10H7ClN4. The predicted molar refractivity (Wildman–Crippen MR) is 59.3 cm³/mol. The van der Waals surface area contributed by atoms with E-state index in [1.165, 1.54) is 6.20 Å². The average molecular weight is 219 g/mol. The van der Waals surface area contributed by atoms with E-state index in [4.69, 9.17) is 22.7 Å². The standard InChI is InChI=1S/C10H7ClN4/c11-8-3-1-2-7-9(15-13)6(4-12)5-14-10(7)8/h1-3,5H,13H2,(H,14,15). The van der Waals surface area contributed by atoms with Crippen LogP contribution in [0.25, 0.3) is 10.9 Å². The lowest BCUT2D eigenvalue weighted by molar-refractivity contribution is 1.31. The zero-order valence-corrected chi connectivity index (χ0v) is 8.42. The summed E-state index contributed by atoms with van der Waals surface area (Å²) in [6, 6.07) is 7.35. The quantitative estimate of drug-likeness (QED) is 0.568. The molecule has 0 aliphatic rings. The van der Waals surface area contributed by atoms with Crippen molar-refractivity contribution in [2.24, 2.45) is 5.84 Å². The van der Waals surface area contributed by atoms with Crippen LogP contribution >= 0.6 is 11.6 Å². The maximum absolute atomic E-state index is 8.86. The first-order valence-corrected chi connectivity index (χ1v) is 4.59. The molecule has 2 rings (SSSR count). The highest BCUT2D eigenvalue weighted by molar-refractivity contribution is 6.35. The monoisotopic (exact) mass is 218 g/mol. The van der Waals surface area contributed by atoms with Crippen molar-refractivity contribution in [1.82, 2.24) is 4.98 Å². The molecule has 0 saturated carbocycles. The first-order chi connectivity index (χ1) is 7.27. The molecule has 2 aromatic rings. The molecule has 0 amide bonds. The number of hydrogen-bond acceptors (Lipinski definition) is 4. The van der Waals surface area contributed by atoms with Gasteiger partial charge in [-0.05, 0) is 6.07 Å². The van der Waals surface area contributed by atoms with Crippen LogP contribution in [0.1, 0.15) is 5.56 Å². The minimum Gasteiger partial charge on any atom is -0.322 e. The van der Waals surface area contributed by atoms with E-state index in [1.54, 1.807) is 12.1 Å². The molecule has 74 valence electrons. The van der Waals surface area contributed by atoms with Gasteiger partial charge < -0.3 is 5.43 Å². The number of nitrogens with one attached hydrogen (secondary N) is 1. The lowest BCUT2D eigenvalue weighted by Gasteiger charge is -2.07. The number of fused-ring (bicyclic) bond motifs is 1. The van der Waals surface area contributed by atoms with Crippen molar-refractivity contribution >= 4 is 28.2 Å². The van der Waals surface area contributed by atoms with Crippen LogP contribution in [0.5, 0.6) is 0 Å². The molecule has 1 heterocycles. The summed E-state index contributed by atoms with van der Waals surface area (Å²) in [6.45, 7) is 0. The number of rotatable bonds is 1. The number of para-hydroxylation sites is 1. The molecule has 15 heavy (non-hydrogen) atoms. The number of hydrogen-bond donors (Lipinski definition) is 2. The summed E-state index contributed by atoms with van der Waals surface area (Å²) in [7, 11) is 0. The van der Waals surface area contributed by atoms with Crippen molar-refractivity contribution in [3.8, 4) is 6.07 Å². The Morgan fingerprint density at radius 2 is 2.27 bits per heavy atom. The molecule has 4 nitrogen and oxygen atoms in total. The van der Waals surface area contributed by atoms with Gasteiger partial charge in [0.2, 0.25) is 0 Å².